The van der Waals surface area contributed by atoms with Gasteiger partial charge in [0.2, 0.25) is 11.8 Å². The zero-order chi connectivity index (χ0) is 16.5. The van der Waals surface area contributed by atoms with E-state index < -0.39 is 0 Å². The minimum Gasteiger partial charge on any atom is -0.326 e. The highest BCUT2D eigenvalue weighted by molar-refractivity contribution is 7.15. The van der Waals surface area contributed by atoms with E-state index >= 15 is 0 Å². The molecule has 0 atom stereocenters. The maximum atomic E-state index is 12.2. The van der Waals surface area contributed by atoms with Crippen LogP contribution >= 0.6 is 11.3 Å². The molecule has 0 radical (unpaired) electrons. The lowest BCUT2D eigenvalue weighted by atomic mass is 10.2. The van der Waals surface area contributed by atoms with Gasteiger partial charge in [-0.1, -0.05) is 6.07 Å². The number of fused-ring (bicyclic) bond motifs is 1. The first kappa shape index (κ1) is 14.9. The Morgan fingerprint density at radius 2 is 2.29 bits per heavy atom. The minimum absolute atomic E-state index is 0.120. The van der Waals surface area contributed by atoms with Crippen molar-refractivity contribution >= 4 is 39.5 Å². The molecule has 0 unspecified atom stereocenters. The van der Waals surface area contributed by atoms with Crippen molar-refractivity contribution in [3.63, 3.8) is 0 Å². The molecule has 1 N–H and O–H groups in total. The molecule has 2 aromatic heterocycles. The molecule has 0 spiro atoms. The molecule has 0 aliphatic carbocycles. The maximum Gasteiger partial charge on any atom is 0.230 e. The smallest absolute Gasteiger partial charge is 0.230 e. The van der Waals surface area contributed by atoms with Crippen LogP contribution in [0.3, 0.4) is 0 Å². The van der Waals surface area contributed by atoms with Crippen molar-refractivity contribution in [3.8, 4) is 0 Å². The molecule has 1 aliphatic rings. The summed E-state index contributed by atoms with van der Waals surface area (Å²) in [6, 6.07) is 7.41. The first-order valence-corrected chi connectivity index (χ1v) is 8.68. The van der Waals surface area contributed by atoms with E-state index in [0.29, 0.717) is 12.1 Å². The Morgan fingerprint density at radius 3 is 3.08 bits per heavy atom. The van der Waals surface area contributed by atoms with Gasteiger partial charge in [-0.2, -0.15) is 0 Å². The highest BCUT2D eigenvalue weighted by Crippen LogP contribution is 2.24. The normalized spacial score (nSPS) is 14.5. The number of hydrogen-bond donors (Lipinski definition) is 1. The number of thiazole rings is 1. The Morgan fingerprint density at radius 1 is 1.38 bits per heavy atom. The molecule has 7 heteroatoms. The lowest BCUT2D eigenvalue weighted by molar-refractivity contribution is -0.117. The summed E-state index contributed by atoms with van der Waals surface area (Å²) in [6.45, 7) is 0.738. The standard InChI is InChI=1S/C17H16N4O2S/c22-15(10-13-11-20-7-8-24-17(20)19-13)18-12-3-1-4-14(9-12)21-6-2-5-16(21)23/h1,3-4,7-9,11H,2,5-6,10H2,(H,18,22). The van der Waals surface area contributed by atoms with Crippen LogP contribution in [0.5, 0.6) is 0 Å². The molecule has 3 heterocycles. The predicted octanol–water partition coefficient (Wildman–Crippen LogP) is 2.70. The van der Waals surface area contributed by atoms with Crippen molar-refractivity contribution in [1.29, 1.82) is 0 Å². The van der Waals surface area contributed by atoms with Crippen molar-refractivity contribution in [3.05, 3.63) is 47.7 Å². The first-order valence-electron chi connectivity index (χ1n) is 7.80. The summed E-state index contributed by atoms with van der Waals surface area (Å²) in [5.41, 5.74) is 2.27. The fourth-order valence-electron chi connectivity index (χ4n) is 2.90. The summed E-state index contributed by atoms with van der Waals surface area (Å²) in [4.78, 5) is 31.1. The third kappa shape index (κ3) is 2.90. The quantitative estimate of drug-likeness (QED) is 0.794. The van der Waals surface area contributed by atoms with Gasteiger partial charge in [0.05, 0.1) is 12.1 Å². The average Bonchev–Trinajstić information content (AvgIpc) is 3.23. The van der Waals surface area contributed by atoms with E-state index in [4.69, 9.17) is 0 Å². The van der Waals surface area contributed by atoms with E-state index in [1.807, 2.05) is 46.4 Å². The largest absolute Gasteiger partial charge is 0.326 e. The molecule has 1 aliphatic heterocycles. The fraction of sp³-hybridized carbons (Fsp3) is 0.235. The number of anilines is 2. The SMILES string of the molecule is O=C(Cc1cn2ccsc2n1)Nc1cccc(N2CCCC2=O)c1. The molecule has 1 fully saturated rings. The summed E-state index contributed by atoms with van der Waals surface area (Å²) < 4.78 is 1.91. The van der Waals surface area contributed by atoms with Crippen LogP contribution in [0, 0.1) is 0 Å². The monoisotopic (exact) mass is 340 g/mol. The number of carbonyl (C=O) groups excluding carboxylic acids is 2. The van der Waals surface area contributed by atoms with Crippen molar-refractivity contribution in [2.45, 2.75) is 19.3 Å². The lowest BCUT2D eigenvalue weighted by Gasteiger charge is -2.16. The fourth-order valence-corrected chi connectivity index (χ4v) is 3.62. The van der Waals surface area contributed by atoms with E-state index in [2.05, 4.69) is 10.3 Å². The molecule has 2 amide bonds. The van der Waals surface area contributed by atoms with E-state index in [1.165, 1.54) is 11.3 Å². The van der Waals surface area contributed by atoms with Gasteiger partial charge in [-0.25, -0.2) is 4.98 Å². The molecule has 6 nitrogen and oxygen atoms in total. The van der Waals surface area contributed by atoms with Crippen molar-refractivity contribution < 1.29 is 9.59 Å². The van der Waals surface area contributed by atoms with E-state index in [1.54, 1.807) is 4.90 Å². The van der Waals surface area contributed by atoms with Gasteiger partial charge < -0.3 is 10.2 Å². The maximum absolute atomic E-state index is 12.2. The average molecular weight is 340 g/mol. The third-order valence-electron chi connectivity index (χ3n) is 4.00. The minimum atomic E-state index is -0.120. The lowest BCUT2D eigenvalue weighted by Crippen LogP contribution is -2.23. The van der Waals surface area contributed by atoms with E-state index in [9.17, 15) is 9.59 Å². The number of aromatic nitrogens is 2. The molecule has 1 aromatic carbocycles. The van der Waals surface area contributed by atoms with Crippen LogP contribution in [0.4, 0.5) is 11.4 Å². The molecule has 0 saturated carbocycles. The number of nitrogens with zero attached hydrogens (tertiary/aromatic N) is 3. The van der Waals surface area contributed by atoms with Crippen molar-refractivity contribution in [1.82, 2.24) is 9.38 Å². The van der Waals surface area contributed by atoms with Crippen LogP contribution in [0.1, 0.15) is 18.5 Å². The molecule has 3 aromatic rings. The number of rotatable bonds is 4. The summed E-state index contributed by atoms with van der Waals surface area (Å²) in [5, 5.41) is 4.84. The number of carbonyl (C=O) groups is 2. The Hall–Kier alpha value is -2.67. The van der Waals surface area contributed by atoms with Crippen LogP contribution in [0.2, 0.25) is 0 Å². The zero-order valence-corrected chi connectivity index (χ0v) is 13.8. The predicted molar refractivity (Wildman–Crippen MR) is 93.4 cm³/mol. The first-order chi connectivity index (χ1) is 11.7. The number of hydrogen-bond acceptors (Lipinski definition) is 4. The van der Waals surface area contributed by atoms with Gasteiger partial charge in [0.1, 0.15) is 0 Å². The van der Waals surface area contributed by atoms with Crippen LogP contribution in [0.25, 0.3) is 4.96 Å². The van der Waals surface area contributed by atoms with Crippen molar-refractivity contribution in [2.24, 2.45) is 0 Å². The molecule has 1 saturated heterocycles. The highest BCUT2D eigenvalue weighted by atomic mass is 32.1. The van der Waals surface area contributed by atoms with Gasteiger partial charge in [-0.05, 0) is 24.6 Å². The number of nitrogens with one attached hydrogen (secondary N) is 1. The summed E-state index contributed by atoms with van der Waals surface area (Å²) in [6.07, 6.45) is 5.48. The van der Waals surface area contributed by atoms with Gasteiger partial charge in [0.25, 0.3) is 0 Å². The molecule has 24 heavy (non-hydrogen) atoms. The summed E-state index contributed by atoms with van der Waals surface area (Å²) in [7, 11) is 0. The van der Waals surface area contributed by atoms with Crippen LogP contribution in [-0.4, -0.2) is 27.7 Å². The van der Waals surface area contributed by atoms with Gasteiger partial charge in [0, 0.05) is 42.1 Å². The number of amides is 2. The summed E-state index contributed by atoms with van der Waals surface area (Å²) >= 11 is 1.54. The Bertz CT molecular complexity index is 886. The van der Waals surface area contributed by atoms with Gasteiger partial charge in [-0.15, -0.1) is 11.3 Å². The molecule has 4 rings (SSSR count). The molecular formula is C17H16N4O2S. The van der Waals surface area contributed by atoms with E-state index in [0.717, 1.165) is 29.3 Å². The second-order valence-corrected chi connectivity index (χ2v) is 6.62. The van der Waals surface area contributed by atoms with Gasteiger partial charge >= 0.3 is 0 Å². The Labute approximate surface area is 142 Å². The second-order valence-electron chi connectivity index (χ2n) is 5.75. The van der Waals surface area contributed by atoms with E-state index in [-0.39, 0.29) is 18.2 Å². The molecule has 0 bridgehead atoms. The zero-order valence-electron chi connectivity index (χ0n) is 12.9. The third-order valence-corrected chi connectivity index (χ3v) is 4.77. The van der Waals surface area contributed by atoms with Crippen LogP contribution in [-0.2, 0) is 16.0 Å². The van der Waals surface area contributed by atoms with Gasteiger partial charge in [-0.3, -0.25) is 14.0 Å². The summed E-state index contributed by atoms with van der Waals surface area (Å²) in [5.74, 6) is 0.0159. The Kier molecular flexibility index (Phi) is 3.78. The Balaban J connectivity index is 1.45. The molecule has 122 valence electrons. The van der Waals surface area contributed by atoms with Crippen molar-refractivity contribution in [2.75, 3.05) is 16.8 Å². The highest BCUT2D eigenvalue weighted by Gasteiger charge is 2.21. The number of imidazole rings is 1. The number of benzene rings is 1. The van der Waals surface area contributed by atoms with Crippen LogP contribution in [0.15, 0.2) is 42.0 Å². The second kappa shape index (κ2) is 6.09. The topological polar surface area (TPSA) is 66.7 Å². The van der Waals surface area contributed by atoms with Gasteiger partial charge in [0.15, 0.2) is 4.96 Å². The molecular weight excluding hydrogens is 324 g/mol. The van der Waals surface area contributed by atoms with Crippen LogP contribution < -0.4 is 10.2 Å².